The maximum absolute atomic E-state index is 13.3. The number of nitrogens with zero attached hydrogens (tertiary/aromatic N) is 3. The average Bonchev–Trinajstić information content (AvgIpc) is 3.15. The Morgan fingerprint density at radius 1 is 1.29 bits per heavy atom. The van der Waals surface area contributed by atoms with Crippen LogP contribution in [-0.4, -0.2) is 58.2 Å². The van der Waals surface area contributed by atoms with E-state index in [1.54, 1.807) is 6.20 Å². The number of carbonyl (C=O) groups excluding carboxylic acids is 1. The highest BCUT2D eigenvalue weighted by Crippen LogP contribution is 2.34. The largest absolute Gasteiger partial charge is 0.379 e. The van der Waals surface area contributed by atoms with Crippen LogP contribution in [0.15, 0.2) is 18.7 Å². The number of morpholine rings is 1. The second-order valence-electron chi connectivity index (χ2n) is 7.03. The number of aromatic nitrogens is 2. The normalized spacial score (nSPS) is 22.9. The van der Waals surface area contributed by atoms with Crippen molar-refractivity contribution in [3.8, 4) is 0 Å². The van der Waals surface area contributed by atoms with Gasteiger partial charge in [-0.1, -0.05) is 26.2 Å². The summed E-state index contributed by atoms with van der Waals surface area (Å²) in [6, 6.07) is 0.145. The lowest BCUT2D eigenvalue weighted by Gasteiger charge is -2.47. The lowest BCUT2D eigenvalue weighted by molar-refractivity contribution is -0.141. The van der Waals surface area contributed by atoms with Crippen molar-refractivity contribution >= 4 is 5.91 Å². The Bertz CT molecular complexity index is 505. The molecule has 1 atom stereocenters. The van der Waals surface area contributed by atoms with Crippen LogP contribution in [0, 0.1) is 0 Å². The molecule has 0 aromatic carbocycles. The number of imidazole rings is 1. The number of ether oxygens (including phenoxy) is 1. The highest BCUT2D eigenvalue weighted by Gasteiger charge is 2.45. The molecular weight excluding hydrogens is 304 g/mol. The molecule has 1 aromatic heterocycles. The van der Waals surface area contributed by atoms with Gasteiger partial charge in [0.05, 0.1) is 19.5 Å². The third kappa shape index (κ3) is 3.81. The molecule has 1 N–H and O–H groups in total. The SMILES string of the molecule is CC[C@@H](Cn1ccnc1)NC(=O)C1(N2CCOCC2)CCCCC1. The van der Waals surface area contributed by atoms with Crippen molar-refractivity contribution < 1.29 is 9.53 Å². The summed E-state index contributed by atoms with van der Waals surface area (Å²) in [5, 5.41) is 3.34. The lowest BCUT2D eigenvalue weighted by Crippen LogP contribution is -2.63. The first-order valence-corrected chi connectivity index (χ1v) is 9.34. The summed E-state index contributed by atoms with van der Waals surface area (Å²) in [6.07, 6.45) is 11.9. The van der Waals surface area contributed by atoms with Crippen molar-refractivity contribution in [2.45, 2.75) is 63.6 Å². The third-order valence-corrected chi connectivity index (χ3v) is 5.54. The Kier molecular flexibility index (Phi) is 5.89. The molecule has 24 heavy (non-hydrogen) atoms. The zero-order valence-corrected chi connectivity index (χ0v) is 14.7. The smallest absolute Gasteiger partial charge is 0.240 e. The van der Waals surface area contributed by atoms with Crippen LogP contribution in [0.1, 0.15) is 45.4 Å². The molecule has 2 heterocycles. The summed E-state index contributed by atoms with van der Waals surface area (Å²) in [5.41, 5.74) is -0.329. The molecule has 134 valence electrons. The van der Waals surface area contributed by atoms with Gasteiger partial charge in [0.15, 0.2) is 0 Å². The number of hydrogen-bond acceptors (Lipinski definition) is 4. The van der Waals surface area contributed by atoms with Crippen molar-refractivity contribution in [2.24, 2.45) is 0 Å². The maximum Gasteiger partial charge on any atom is 0.240 e. The summed E-state index contributed by atoms with van der Waals surface area (Å²) in [7, 11) is 0. The lowest BCUT2D eigenvalue weighted by atomic mass is 9.79. The highest BCUT2D eigenvalue weighted by molar-refractivity contribution is 5.86. The van der Waals surface area contributed by atoms with Crippen LogP contribution in [0.2, 0.25) is 0 Å². The van der Waals surface area contributed by atoms with Gasteiger partial charge in [0, 0.05) is 38.1 Å². The van der Waals surface area contributed by atoms with Crippen LogP contribution in [0.3, 0.4) is 0 Å². The molecule has 1 saturated heterocycles. The molecule has 6 heteroatoms. The third-order valence-electron chi connectivity index (χ3n) is 5.54. The molecule has 2 aliphatic rings. The zero-order chi connectivity index (χ0) is 16.8. The topological polar surface area (TPSA) is 59.4 Å². The number of carbonyl (C=O) groups is 1. The van der Waals surface area contributed by atoms with Gasteiger partial charge in [0.2, 0.25) is 5.91 Å². The van der Waals surface area contributed by atoms with E-state index in [9.17, 15) is 4.79 Å². The van der Waals surface area contributed by atoms with Crippen LogP contribution in [0.4, 0.5) is 0 Å². The van der Waals surface area contributed by atoms with Crippen LogP contribution < -0.4 is 5.32 Å². The highest BCUT2D eigenvalue weighted by atomic mass is 16.5. The van der Waals surface area contributed by atoms with Crippen LogP contribution in [-0.2, 0) is 16.1 Å². The van der Waals surface area contributed by atoms with Crippen molar-refractivity contribution in [2.75, 3.05) is 26.3 Å². The van der Waals surface area contributed by atoms with E-state index in [-0.39, 0.29) is 17.5 Å². The van der Waals surface area contributed by atoms with Gasteiger partial charge in [-0.3, -0.25) is 9.69 Å². The van der Waals surface area contributed by atoms with E-state index in [1.807, 2.05) is 17.1 Å². The molecule has 0 unspecified atom stereocenters. The molecule has 1 saturated carbocycles. The second kappa shape index (κ2) is 8.12. The number of rotatable bonds is 6. The molecule has 0 radical (unpaired) electrons. The predicted molar refractivity (Wildman–Crippen MR) is 92.7 cm³/mol. The van der Waals surface area contributed by atoms with Gasteiger partial charge < -0.3 is 14.6 Å². The minimum atomic E-state index is -0.329. The zero-order valence-electron chi connectivity index (χ0n) is 14.7. The van der Waals surface area contributed by atoms with Gasteiger partial charge in [-0.2, -0.15) is 0 Å². The standard InChI is InChI=1S/C18H30N4O2/c1-2-16(14-21-9-8-19-15-21)20-17(23)18(6-4-3-5-7-18)22-10-12-24-13-11-22/h8-9,15-16H,2-7,10-14H2,1H3,(H,20,23)/t16-/m0/s1. The first kappa shape index (κ1) is 17.4. The van der Waals surface area contributed by atoms with E-state index in [0.29, 0.717) is 0 Å². The fourth-order valence-corrected chi connectivity index (χ4v) is 4.06. The van der Waals surface area contributed by atoms with E-state index in [1.165, 1.54) is 6.42 Å². The first-order chi connectivity index (χ1) is 11.7. The average molecular weight is 334 g/mol. The monoisotopic (exact) mass is 334 g/mol. The predicted octanol–water partition coefficient (Wildman–Crippen LogP) is 1.81. The van der Waals surface area contributed by atoms with E-state index >= 15 is 0 Å². The Morgan fingerprint density at radius 3 is 2.67 bits per heavy atom. The summed E-state index contributed by atoms with van der Waals surface area (Å²) in [6.45, 7) is 6.12. The number of hydrogen-bond donors (Lipinski definition) is 1. The molecule has 1 aliphatic carbocycles. The molecule has 1 aliphatic heterocycles. The van der Waals surface area contributed by atoms with Crippen molar-refractivity contribution in [3.05, 3.63) is 18.7 Å². The van der Waals surface area contributed by atoms with Crippen LogP contribution >= 0.6 is 0 Å². The fraction of sp³-hybridized carbons (Fsp3) is 0.778. The molecule has 1 amide bonds. The number of nitrogens with one attached hydrogen (secondary N) is 1. The van der Waals surface area contributed by atoms with E-state index in [4.69, 9.17) is 4.74 Å². The summed E-state index contributed by atoms with van der Waals surface area (Å²) < 4.78 is 7.54. The molecule has 6 nitrogen and oxygen atoms in total. The Morgan fingerprint density at radius 2 is 2.04 bits per heavy atom. The summed E-state index contributed by atoms with van der Waals surface area (Å²) in [5.74, 6) is 0.219. The van der Waals surface area contributed by atoms with Gasteiger partial charge in [0.25, 0.3) is 0 Å². The molecular formula is C18H30N4O2. The molecule has 1 aromatic rings. The first-order valence-electron chi connectivity index (χ1n) is 9.34. The van der Waals surface area contributed by atoms with Gasteiger partial charge in [-0.25, -0.2) is 4.98 Å². The Balaban J connectivity index is 1.70. The van der Waals surface area contributed by atoms with Gasteiger partial charge in [0.1, 0.15) is 5.54 Å². The Hall–Kier alpha value is -1.40. The quantitative estimate of drug-likeness (QED) is 0.862. The second-order valence-corrected chi connectivity index (χ2v) is 7.03. The van der Waals surface area contributed by atoms with Crippen molar-refractivity contribution in [1.82, 2.24) is 19.8 Å². The van der Waals surface area contributed by atoms with Crippen LogP contribution in [0.25, 0.3) is 0 Å². The minimum absolute atomic E-state index is 0.145. The van der Waals surface area contributed by atoms with Gasteiger partial charge in [-0.15, -0.1) is 0 Å². The summed E-state index contributed by atoms with van der Waals surface area (Å²) >= 11 is 0. The van der Waals surface area contributed by atoms with E-state index in [0.717, 1.165) is 65.0 Å². The molecule has 2 fully saturated rings. The van der Waals surface area contributed by atoms with Gasteiger partial charge >= 0.3 is 0 Å². The van der Waals surface area contributed by atoms with Gasteiger partial charge in [-0.05, 0) is 19.3 Å². The summed E-state index contributed by atoms with van der Waals surface area (Å²) in [4.78, 5) is 19.8. The van der Waals surface area contributed by atoms with Crippen LogP contribution in [0.5, 0.6) is 0 Å². The maximum atomic E-state index is 13.3. The van der Waals surface area contributed by atoms with E-state index in [2.05, 4.69) is 22.1 Å². The van der Waals surface area contributed by atoms with E-state index < -0.39 is 0 Å². The molecule has 0 bridgehead atoms. The van der Waals surface area contributed by atoms with Crippen molar-refractivity contribution in [3.63, 3.8) is 0 Å². The fourth-order valence-electron chi connectivity index (χ4n) is 4.06. The number of amides is 1. The molecule has 0 spiro atoms. The van der Waals surface area contributed by atoms with Crippen molar-refractivity contribution in [1.29, 1.82) is 0 Å². The minimum Gasteiger partial charge on any atom is -0.379 e. The Labute approximate surface area is 144 Å². The molecule has 3 rings (SSSR count).